The summed E-state index contributed by atoms with van der Waals surface area (Å²) in [5.41, 5.74) is 0.0264. The number of amides is 1. The molecule has 7 heteroatoms. The third-order valence-electron chi connectivity index (χ3n) is 4.60. The van der Waals surface area contributed by atoms with Crippen molar-refractivity contribution in [2.75, 3.05) is 20.1 Å². The van der Waals surface area contributed by atoms with E-state index in [1.807, 2.05) is 30.3 Å². The molecule has 0 radical (unpaired) electrons. The van der Waals surface area contributed by atoms with E-state index in [1.165, 1.54) is 16.8 Å². The Morgan fingerprint density at radius 2 is 2.00 bits per heavy atom. The summed E-state index contributed by atoms with van der Waals surface area (Å²) in [6, 6.07) is 10.9. The quantitative estimate of drug-likeness (QED) is 0.822. The molecule has 1 saturated heterocycles. The van der Waals surface area contributed by atoms with Crippen molar-refractivity contribution in [2.24, 2.45) is 0 Å². The van der Waals surface area contributed by atoms with Crippen LogP contribution in [-0.4, -0.2) is 46.1 Å². The van der Waals surface area contributed by atoms with Gasteiger partial charge in [0.1, 0.15) is 6.54 Å². The SMILES string of the molecule is CN(C(=O)Cn1c(=O)ccn(Cc2ccccc2)c1=O)C1CCNC1. The maximum absolute atomic E-state index is 12.6. The molecule has 0 aliphatic carbocycles. The van der Waals surface area contributed by atoms with Gasteiger partial charge in [0.2, 0.25) is 5.91 Å². The summed E-state index contributed by atoms with van der Waals surface area (Å²) >= 11 is 0. The molecule has 1 atom stereocenters. The Morgan fingerprint density at radius 3 is 2.68 bits per heavy atom. The Labute approximate surface area is 145 Å². The molecule has 2 heterocycles. The molecule has 0 saturated carbocycles. The monoisotopic (exact) mass is 342 g/mol. The summed E-state index contributed by atoms with van der Waals surface area (Å²) in [4.78, 5) is 38.8. The van der Waals surface area contributed by atoms with E-state index in [9.17, 15) is 14.4 Å². The van der Waals surface area contributed by atoms with Crippen molar-refractivity contribution in [2.45, 2.75) is 25.6 Å². The first-order valence-corrected chi connectivity index (χ1v) is 8.37. The fourth-order valence-electron chi connectivity index (χ4n) is 3.02. The minimum absolute atomic E-state index is 0.110. The van der Waals surface area contributed by atoms with Gasteiger partial charge in [0.25, 0.3) is 5.56 Å². The largest absolute Gasteiger partial charge is 0.340 e. The van der Waals surface area contributed by atoms with Crippen LogP contribution in [0.1, 0.15) is 12.0 Å². The van der Waals surface area contributed by atoms with Gasteiger partial charge in [-0.3, -0.25) is 18.7 Å². The van der Waals surface area contributed by atoms with Gasteiger partial charge in [0.15, 0.2) is 0 Å². The first kappa shape index (κ1) is 17.2. The van der Waals surface area contributed by atoms with Crippen LogP contribution in [-0.2, 0) is 17.9 Å². The molecular formula is C18H22N4O3. The summed E-state index contributed by atoms with van der Waals surface area (Å²) in [6.45, 7) is 1.73. The summed E-state index contributed by atoms with van der Waals surface area (Å²) in [7, 11) is 1.72. The standard InChI is InChI=1S/C18H22N4O3/c1-20(15-7-9-19-11-15)17(24)13-22-16(23)8-10-21(18(22)25)12-14-5-3-2-4-6-14/h2-6,8,10,15,19H,7,9,11-13H2,1H3. The van der Waals surface area contributed by atoms with Gasteiger partial charge in [-0.1, -0.05) is 30.3 Å². The highest BCUT2D eigenvalue weighted by molar-refractivity contribution is 5.76. The van der Waals surface area contributed by atoms with E-state index < -0.39 is 11.2 Å². The predicted octanol–water partition coefficient (Wildman–Crippen LogP) is -0.121. The van der Waals surface area contributed by atoms with Crippen LogP contribution in [0.3, 0.4) is 0 Å². The molecule has 1 unspecified atom stereocenters. The zero-order valence-electron chi connectivity index (χ0n) is 14.2. The highest BCUT2D eigenvalue weighted by atomic mass is 16.2. The number of benzene rings is 1. The molecule has 25 heavy (non-hydrogen) atoms. The van der Waals surface area contributed by atoms with Gasteiger partial charge in [-0.05, 0) is 18.5 Å². The molecule has 7 nitrogen and oxygen atoms in total. The Bertz CT molecular complexity index is 851. The second kappa shape index (κ2) is 7.48. The Balaban J connectivity index is 1.81. The predicted molar refractivity (Wildman–Crippen MR) is 94.6 cm³/mol. The molecule has 1 aliphatic rings. The number of nitrogens with zero attached hydrogens (tertiary/aromatic N) is 3. The Morgan fingerprint density at radius 1 is 1.24 bits per heavy atom. The third-order valence-corrected chi connectivity index (χ3v) is 4.60. The lowest BCUT2D eigenvalue weighted by atomic mass is 10.2. The summed E-state index contributed by atoms with van der Waals surface area (Å²) < 4.78 is 2.45. The van der Waals surface area contributed by atoms with Crippen LogP contribution in [0.4, 0.5) is 0 Å². The molecule has 1 aliphatic heterocycles. The Kier molecular flexibility index (Phi) is 5.14. The van der Waals surface area contributed by atoms with Crippen LogP contribution in [0.5, 0.6) is 0 Å². The van der Waals surface area contributed by atoms with Crippen LogP contribution in [0.15, 0.2) is 52.2 Å². The lowest BCUT2D eigenvalue weighted by Gasteiger charge is -2.24. The van der Waals surface area contributed by atoms with Gasteiger partial charge in [-0.2, -0.15) is 0 Å². The number of rotatable bonds is 5. The Hall–Kier alpha value is -2.67. The number of carbonyl (C=O) groups is 1. The van der Waals surface area contributed by atoms with Crippen LogP contribution in [0.2, 0.25) is 0 Å². The molecule has 0 bridgehead atoms. The van der Waals surface area contributed by atoms with Gasteiger partial charge >= 0.3 is 5.69 Å². The summed E-state index contributed by atoms with van der Waals surface area (Å²) in [5, 5.41) is 3.20. The number of likely N-dealkylation sites (N-methyl/N-ethyl adjacent to an activating group) is 1. The number of hydrogen-bond donors (Lipinski definition) is 1. The maximum Gasteiger partial charge on any atom is 0.331 e. The van der Waals surface area contributed by atoms with Crippen LogP contribution >= 0.6 is 0 Å². The number of carbonyl (C=O) groups excluding carboxylic acids is 1. The smallest absolute Gasteiger partial charge is 0.331 e. The van der Waals surface area contributed by atoms with E-state index in [2.05, 4.69) is 5.32 Å². The molecule has 1 aromatic heterocycles. The van der Waals surface area contributed by atoms with Gasteiger partial charge in [-0.25, -0.2) is 4.79 Å². The van der Waals surface area contributed by atoms with Gasteiger partial charge < -0.3 is 10.2 Å². The van der Waals surface area contributed by atoms with E-state index in [0.717, 1.165) is 29.6 Å². The minimum Gasteiger partial charge on any atom is -0.340 e. The number of aromatic nitrogens is 2. The van der Waals surface area contributed by atoms with Crippen molar-refractivity contribution in [1.82, 2.24) is 19.4 Å². The minimum atomic E-state index is -0.470. The van der Waals surface area contributed by atoms with E-state index in [1.54, 1.807) is 11.9 Å². The van der Waals surface area contributed by atoms with E-state index in [0.29, 0.717) is 6.54 Å². The second-order valence-corrected chi connectivity index (χ2v) is 6.29. The first-order valence-electron chi connectivity index (χ1n) is 8.37. The lowest BCUT2D eigenvalue weighted by molar-refractivity contribution is -0.132. The number of nitrogens with one attached hydrogen (secondary N) is 1. The van der Waals surface area contributed by atoms with Crippen molar-refractivity contribution >= 4 is 5.91 Å². The molecule has 1 N–H and O–H groups in total. The van der Waals surface area contributed by atoms with Gasteiger partial charge in [0, 0.05) is 31.9 Å². The molecule has 0 spiro atoms. The van der Waals surface area contributed by atoms with Crippen LogP contribution in [0, 0.1) is 0 Å². The average molecular weight is 342 g/mol. The fraction of sp³-hybridized carbons (Fsp3) is 0.389. The topological polar surface area (TPSA) is 76.3 Å². The normalized spacial score (nSPS) is 16.8. The van der Waals surface area contributed by atoms with Crippen molar-refractivity contribution in [1.29, 1.82) is 0 Å². The van der Waals surface area contributed by atoms with Crippen molar-refractivity contribution < 1.29 is 4.79 Å². The molecule has 2 aromatic rings. The number of hydrogen-bond acceptors (Lipinski definition) is 4. The van der Waals surface area contributed by atoms with Crippen molar-refractivity contribution in [3.8, 4) is 0 Å². The third kappa shape index (κ3) is 3.88. The van der Waals surface area contributed by atoms with Crippen molar-refractivity contribution in [3.63, 3.8) is 0 Å². The van der Waals surface area contributed by atoms with E-state index in [-0.39, 0.29) is 18.5 Å². The molecular weight excluding hydrogens is 320 g/mol. The second-order valence-electron chi connectivity index (χ2n) is 6.29. The van der Waals surface area contributed by atoms with Crippen LogP contribution in [0.25, 0.3) is 0 Å². The van der Waals surface area contributed by atoms with Crippen molar-refractivity contribution in [3.05, 3.63) is 69.0 Å². The van der Waals surface area contributed by atoms with Gasteiger partial charge in [-0.15, -0.1) is 0 Å². The van der Waals surface area contributed by atoms with E-state index in [4.69, 9.17) is 0 Å². The van der Waals surface area contributed by atoms with E-state index >= 15 is 0 Å². The molecule has 1 amide bonds. The lowest BCUT2D eigenvalue weighted by Crippen LogP contribution is -2.46. The summed E-state index contributed by atoms with van der Waals surface area (Å²) in [5.74, 6) is -0.231. The molecule has 3 rings (SSSR count). The zero-order valence-corrected chi connectivity index (χ0v) is 14.2. The molecule has 132 valence electrons. The summed E-state index contributed by atoms with van der Waals surface area (Å²) in [6.07, 6.45) is 2.35. The average Bonchev–Trinajstić information content (AvgIpc) is 3.16. The highest BCUT2D eigenvalue weighted by Crippen LogP contribution is 2.06. The highest BCUT2D eigenvalue weighted by Gasteiger charge is 2.24. The molecule has 1 fully saturated rings. The van der Waals surface area contributed by atoms with Crippen LogP contribution < -0.4 is 16.6 Å². The maximum atomic E-state index is 12.6. The molecule has 1 aromatic carbocycles. The first-order chi connectivity index (χ1) is 12.1. The zero-order chi connectivity index (χ0) is 17.8. The fourth-order valence-corrected chi connectivity index (χ4v) is 3.02. The van der Waals surface area contributed by atoms with Gasteiger partial charge in [0.05, 0.1) is 6.54 Å².